The van der Waals surface area contributed by atoms with E-state index in [4.69, 9.17) is 4.74 Å². The second kappa shape index (κ2) is 7.67. The maximum Gasteiger partial charge on any atom is 0.120 e. The smallest absolute Gasteiger partial charge is 0.120 e. The summed E-state index contributed by atoms with van der Waals surface area (Å²) in [7, 11) is 0. The monoisotopic (exact) mass is 260 g/mol. The average Bonchev–Trinajstić information content (AvgIpc) is 2.33. The molecule has 0 aromatic heterocycles. The molecule has 2 heteroatoms. The van der Waals surface area contributed by atoms with E-state index in [9.17, 15) is 5.11 Å². The number of hydrogen-bond acceptors (Lipinski definition) is 2. The predicted molar refractivity (Wildman–Crippen MR) is 80.8 cm³/mol. The normalized spacial score (nSPS) is 11.3. The maximum absolute atomic E-state index is 9.43. The molecular formula is C17H24O2. The highest BCUT2D eigenvalue weighted by molar-refractivity contribution is 5.38. The van der Waals surface area contributed by atoms with Crippen LogP contribution in [0.5, 0.6) is 11.5 Å². The van der Waals surface area contributed by atoms with Crippen molar-refractivity contribution in [2.45, 2.75) is 40.5 Å². The molecule has 1 N–H and O–H groups in total. The van der Waals surface area contributed by atoms with Crippen molar-refractivity contribution >= 4 is 0 Å². The summed E-state index contributed by atoms with van der Waals surface area (Å²) in [5.41, 5.74) is 3.54. The summed E-state index contributed by atoms with van der Waals surface area (Å²) in [5.74, 6) is 1.10. The van der Waals surface area contributed by atoms with Gasteiger partial charge in [0.25, 0.3) is 0 Å². The lowest BCUT2D eigenvalue weighted by atomic mass is 10.1. The molecule has 0 saturated heterocycles. The molecule has 1 aromatic carbocycles. The first kappa shape index (κ1) is 15.4. The third-order valence-corrected chi connectivity index (χ3v) is 2.94. The van der Waals surface area contributed by atoms with Crippen LogP contribution in [0.4, 0.5) is 0 Å². The van der Waals surface area contributed by atoms with Crippen LogP contribution < -0.4 is 4.74 Å². The van der Waals surface area contributed by atoms with Crippen LogP contribution in [-0.2, 0) is 0 Å². The first-order valence-corrected chi connectivity index (χ1v) is 6.70. The van der Waals surface area contributed by atoms with Crippen molar-refractivity contribution in [2.75, 3.05) is 6.61 Å². The Hall–Kier alpha value is -1.70. The molecule has 104 valence electrons. The van der Waals surface area contributed by atoms with Gasteiger partial charge in [0, 0.05) is 0 Å². The molecule has 0 amide bonds. The first-order valence-electron chi connectivity index (χ1n) is 6.70. The van der Waals surface area contributed by atoms with Gasteiger partial charge in [-0.2, -0.15) is 0 Å². The molecule has 0 unspecified atom stereocenters. The van der Waals surface area contributed by atoms with Gasteiger partial charge < -0.3 is 9.84 Å². The molecule has 19 heavy (non-hydrogen) atoms. The van der Waals surface area contributed by atoms with Crippen molar-refractivity contribution in [3.63, 3.8) is 0 Å². The zero-order chi connectivity index (χ0) is 14.3. The summed E-state index contributed by atoms with van der Waals surface area (Å²) in [4.78, 5) is 0. The van der Waals surface area contributed by atoms with Crippen molar-refractivity contribution in [1.29, 1.82) is 0 Å². The number of benzene rings is 1. The molecule has 0 bridgehead atoms. The van der Waals surface area contributed by atoms with E-state index >= 15 is 0 Å². The van der Waals surface area contributed by atoms with Gasteiger partial charge in [-0.3, -0.25) is 0 Å². The second-order valence-corrected chi connectivity index (χ2v) is 5.13. The number of aromatic hydroxyl groups is 1. The predicted octanol–water partition coefficient (Wildman–Crippen LogP) is 4.77. The zero-order valence-corrected chi connectivity index (χ0v) is 12.4. The van der Waals surface area contributed by atoms with E-state index in [0.29, 0.717) is 12.4 Å². The highest BCUT2D eigenvalue weighted by atomic mass is 16.5. The summed E-state index contributed by atoms with van der Waals surface area (Å²) in [6.45, 7) is 8.81. The van der Waals surface area contributed by atoms with E-state index in [0.717, 1.165) is 24.2 Å². The zero-order valence-electron chi connectivity index (χ0n) is 12.4. The van der Waals surface area contributed by atoms with Crippen LogP contribution in [0, 0.1) is 6.92 Å². The molecule has 0 heterocycles. The fraction of sp³-hybridized carbons (Fsp3) is 0.412. The third-order valence-electron chi connectivity index (χ3n) is 2.94. The Kier molecular flexibility index (Phi) is 6.20. The standard InChI is InChI=1S/C17H24O2/c1-13(2)6-5-7-14(3)10-11-19-16-8-9-17(18)15(4)12-16/h6,8-10,12,18H,5,7,11H2,1-4H3/b14-10+. The van der Waals surface area contributed by atoms with Crippen molar-refractivity contribution in [1.82, 2.24) is 0 Å². The molecule has 0 aliphatic heterocycles. The first-order chi connectivity index (χ1) is 8.99. The van der Waals surface area contributed by atoms with Crippen molar-refractivity contribution in [3.05, 3.63) is 47.1 Å². The number of aryl methyl sites for hydroxylation is 1. The molecule has 0 spiro atoms. The Morgan fingerprint density at radius 1 is 1.21 bits per heavy atom. The Bertz CT molecular complexity index is 466. The van der Waals surface area contributed by atoms with E-state index in [-0.39, 0.29) is 0 Å². The van der Waals surface area contributed by atoms with Crippen LogP contribution in [0.2, 0.25) is 0 Å². The molecule has 0 aliphatic carbocycles. The van der Waals surface area contributed by atoms with Gasteiger partial charge in [-0.1, -0.05) is 17.2 Å². The number of ether oxygens (including phenoxy) is 1. The Morgan fingerprint density at radius 3 is 2.58 bits per heavy atom. The van der Waals surface area contributed by atoms with Gasteiger partial charge in [-0.15, -0.1) is 0 Å². The minimum atomic E-state index is 0.306. The van der Waals surface area contributed by atoms with Crippen LogP contribution in [0.3, 0.4) is 0 Å². The number of phenols is 1. The molecule has 0 radical (unpaired) electrons. The number of hydrogen-bond donors (Lipinski definition) is 1. The number of phenolic OH excluding ortho intramolecular Hbond substituents is 1. The van der Waals surface area contributed by atoms with Crippen LogP contribution in [0.1, 0.15) is 39.2 Å². The molecule has 0 atom stereocenters. The summed E-state index contributed by atoms with van der Waals surface area (Å²) in [5, 5.41) is 9.43. The molecule has 1 rings (SSSR count). The minimum Gasteiger partial charge on any atom is -0.508 e. The van der Waals surface area contributed by atoms with Gasteiger partial charge in [-0.25, -0.2) is 0 Å². The van der Waals surface area contributed by atoms with Gasteiger partial charge in [-0.05, 0) is 70.4 Å². The minimum absolute atomic E-state index is 0.306. The average molecular weight is 260 g/mol. The Labute approximate surface area is 116 Å². The summed E-state index contributed by atoms with van der Waals surface area (Å²) in [6.07, 6.45) is 6.52. The van der Waals surface area contributed by atoms with Gasteiger partial charge in [0.15, 0.2) is 0 Å². The van der Waals surface area contributed by atoms with Gasteiger partial charge in [0.05, 0.1) is 0 Å². The summed E-state index contributed by atoms with van der Waals surface area (Å²) < 4.78 is 5.64. The van der Waals surface area contributed by atoms with Gasteiger partial charge in [0.1, 0.15) is 18.1 Å². The van der Waals surface area contributed by atoms with E-state index in [1.807, 2.05) is 13.0 Å². The largest absolute Gasteiger partial charge is 0.508 e. The van der Waals surface area contributed by atoms with Crippen molar-refractivity contribution in [3.8, 4) is 11.5 Å². The highest BCUT2D eigenvalue weighted by Gasteiger charge is 1.98. The Balaban J connectivity index is 2.39. The van der Waals surface area contributed by atoms with E-state index < -0.39 is 0 Å². The molecule has 0 saturated carbocycles. The maximum atomic E-state index is 9.43. The molecule has 2 nitrogen and oxygen atoms in total. The van der Waals surface area contributed by atoms with Crippen LogP contribution in [0.15, 0.2) is 41.5 Å². The van der Waals surface area contributed by atoms with Crippen molar-refractivity contribution in [2.24, 2.45) is 0 Å². The fourth-order valence-corrected chi connectivity index (χ4v) is 1.69. The van der Waals surface area contributed by atoms with Crippen LogP contribution >= 0.6 is 0 Å². The van der Waals surface area contributed by atoms with Crippen LogP contribution in [-0.4, -0.2) is 11.7 Å². The SMILES string of the molecule is CC(C)=CCC/C(C)=C/COc1ccc(O)c(C)c1. The topological polar surface area (TPSA) is 29.5 Å². The van der Waals surface area contributed by atoms with Gasteiger partial charge in [0.2, 0.25) is 0 Å². The lowest BCUT2D eigenvalue weighted by Crippen LogP contribution is -1.95. The summed E-state index contributed by atoms with van der Waals surface area (Å²) in [6, 6.07) is 5.30. The molecule has 0 aliphatic rings. The third kappa shape index (κ3) is 6.14. The van der Waals surface area contributed by atoms with E-state index in [2.05, 4.69) is 32.9 Å². The summed E-state index contributed by atoms with van der Waals surface area (Å²) >= 11 is 0. The molecule has 0 fully saturated rings. The molecule has 1 aromatic rings. The molecular weight excluding hydrogens is 236 g/mol. The lowest BCUT2D eigenvalue weighted by Gasteiger charge is -2.06. The fourth-order valence-electron chi connectivity index (χ4n) is 1.69. The van der Waals surface area contributed by atoms with Crippen molar-refractivity contribution < 1.29 is 9.84 Å². The van der Waals surface area contributed by atoms with E-state index in [1.54, 1.807) is 12.1 Å². The number of allylic oxidation sites excluding steroid dienone is 3. The van der Waals surface area contributed by atoms with Gasteiger partial charge >= 0.3 is 0 Å². The Morgan fingerprint density at radius 2 is 1.95 bits per heavy atom. The quantitative estimate of drug-likeness (QED) is 0.746. The van der Waals surface area contributed by atoms with E-state index in [1.165, 1.54) is 11.1 Å². The lowest BCUT2D eigenvalue weighted by molar-refractivity contribution is 0.360. The highest BCUT2D eigenvalue weighted by Crippen LogP contribution is 2.21. The second-order valence-electron chi connectivity index (χ2n) is 5.13. The number of rotatable bonds is 6. The van der Waals surface area contributed by atoms with Crippen LogP contribution in [0.25, 0.3) is 0 Å².